The fourth-order valence-corrected chi connectivity index (χ4v) is 3.12. The molecule has 0 aliphatic heterocycles. The Labute approximate surface area is 118 Å². The summed E-state index contributed by atoms with van der Waals surface area (Å²) in [5.74, 6) is -0.0294. The van der Waals surface area contributed by atoms with Crippen molar-refractivity contribution in [2.45, 2.75) is 19.4 Å². The Morgan fingerprint density at radius 2 is 2.37 bits per heavy atom. The van der Waals surface area contributed by atoms with Gasteiger partial charge in [0, 0.05) is 24.0 Å². The maximum atomic E-state index is 13.7. The third kappa shape index (κ3) is 2.21. The van der Waals surface area contributed by atoms with Crippen molar-refractivity contribution in [1.29, 1.82) is 0 Å². The monoisotopic (exact) mass is 293 g/mol. The van der Waals surface area contributed by atoms with Crippen LogP contribution in [0.4, 0.5) is 4.39 Å². The van der Waals surface area contributed by atoms with Gasteiger partial charge in [-0.15, -0.1) is 11.3 Å². The summed E-state index contributed by atoms with van der Waals surface area (Å²) in [5, 5.41) is 3.02. The number of benzene rings is 1. The summed E-state index contributed by atoms with van der Waals surface area (Å²) in [6.07, 6.45) is 1.80. The number of nitrogens with one attached hydrogen (secondary N) is 1. The van der Waals surface area contributed by atoms with E-state index in [1.54, 1.807) is 23.6 Å². The first-order valence-corrected chi connectivity index (χ1v) is 7.22. The number of H-pyrrole nitrogens is 1. The molecule has 0 saturated heterocycles. The molecule has 0 aliphatic carbocycles. The van der Waals surface area contributed by atoms with E-state index in [-0.39, 0.29) is 11.7 Å². The molecule has 0 saturated carbocycles. The lowest BCUT2D eigenvalue weighted by atomic mass is 10.2. The Morgan fingerprint density at radius 3 is 3.11 bits per heavy atom. The molecule has 0 bridgehead atoms. The smallest absolute Gasteiger partial charge is 0.178 e. The van der Waals surface area contributed by atoms with Crippen LogP contribution in [0, 0.1) is 10.6 Å². The molecule has 19 heavy (non-hydrogen) atoms. The first-order valence-electron chi connectivity index (χ1n) is 5.93. The van der Waals surface area contributed by atoms with Crippen molar-refractivity contribution in [3.05, 3.63) is 45.4 Å². The molecule has 1 aromatic carbocycles. The lowest BCUT2D eigenvalue weighted by Gasteiger charge is -2.10. The molecule has 3 aromatic rings. The SMILES string of the molecule is CC(Cn1c(=S)[nH]c2c(F)cccc21)c1nccs1. The van der Waals surface area contributed by atoms with Crippen LogP contribution in [0.25, 0.3) is 11.0 Å². The Hall–Kier alpha value is -1.53. The van der Waals surface area contributed by atoms with Gasteiger partial charge < -0.3 is 9.55 Å². The standard InChI is InChI=1S/C13H12FN3S2/c1-8(12-15-5-6-19-12)7-17-10-4-2-3-9(14)11(10)16-13(17)18/h2-6,8H,7H2,1H3,(H,16,18). The van der Waals surface area contributed by atoms with E-state index >= 15 is 0 Å². The second-order valence-corrected chi connectivity index (χ2v) is 5.76. The summed E-state index contributed by atoms with van der Waals surface area (Å²) >= 11 is 6.91. The average Bonchev–Trinajstić information content (AvgIpc) is 3.00. The van der Waals surface area contributed by atoms with Crippen molar-refractivity contribution >= 4 is 34.6 Å². The Bertz CT molecular complexity index is 758. The predicted molar refractivity (Wildman–Crippen MR) is 77.6 cm³/mol. The highest BCUT2D eigenvalue weighted by atomic mass is 32.1. The topological polar surface area (TPSA) is 33.6 Å². The normalized spacial score (nSPS) is 12.9. The number of para-hydroxylation sites is 1. The van der Waals surface area contributed by atoms with E-state index in [0.717, 1.165) is 10.5 Å². The van der Waals surface area contributed by atoms with Crippen molar-refractivity contribution in [2.75, 3.05) is 0 Å². The summed E-state index contributed by atoms with van der Waals surface area (Å²) in [7, 11) is 0. The van der Waals surface area contributed by atoms with Crippen molar-refractivity contribution in [3.8, 4) is 0 Å². The largest absolute Gasteiger partial charge is 0.328 e. The van der Waals surface area contributed by atoms with Gasteiger partial charge in [-0.05, 0) is 24.4 Å². The summed E-state index contributed by atoms with van der Waals surface area (Å²) in [6.45, 7) is 2.79. The van der Waals surface area contributed by atoms with Crippen LogP contribution in [0.15, 0.2) is 29.8 Å². The van der Waals surface area contributed by atoms with Crippen LogP contribution < -0.4 is 0 Å². The van der Waals surface area contributed by atoms with E-state index in [2.05, 4.69) is 16.9 Å². The van der Waals surface area contributed by atoms with Crippen molar-refractivity contribution in [2.24, 2.45) is 0 Å². The van der Waals surface area contributed by atoms with Crippen LogP contribution in [0.3, 0.4) is 0 Å². The molecule has 0 radical (unpaired) electrons. The lowest BCUT2D eigenvalue weighted by molar-refractivity contribution is 0.601. The molecule has 1 N–H and O–H groups in total. The number of rotatable bonds is 3. The number of nitrogens with zero attached hydrogens (tertiary/aromatic N) is 2. The number of aromatic nitrogens is 3. The van der Waals surface area contributed by atoms with Gasteiger partial charge in [-0.25, -0.2) is 9.37 Å². The first-order chi connectivity index (χ1) is 9.16. The number of hydrogen-bond acceptors (Lipinski definition) is 3. The molecule has 6 heteroatoms. The fourth-order valence-electron chi connectivity index (χ4n) is 2.16. The van der Waals surface area contributed by atoms with Gasteiger partial charge in [0.05, 0.1) is 10.5 Å². The van der Waals surface area contributed by atoms with Crippen LogP contribution in [-0.2, 0) is 6.54 Å². The Balaban J connectivity index is 2.04. The average molecular weight is 293 g/mol. The molecule has 0 amide bonds. The molecule has 2 heterocycles. The third-order valence-electron chi connectivity index (χ3n) is 3.09. The van der Waals surface area contributed by atoms with Gasteiger partial charge in [-0.2, -0.15) is 0 Å². The van der Waals surface area contributed by atoms with E-state index in [0.29, 0.717) is 16.8 Å². The first kappa shape index (κ1) is 12.5. The van der Waals surface area contributed by atoms with Gasteiger partial charge in [0.2, 0.25) is 0 Å². The highest BCUT2D eigenvalue weighted by Crippen LogP contribution is 2.23. The molecule has 1 atom stereocenters. The van der Waals surface area contributed by atoms with Crippen LogP contribution in [-0.4, -0.2) is 14.5 Å². The summed E-state index contributed by atoms with van der Waals surface area (Å²) < 4.78 is 16.2. The maximum absolute atomic E-state index is 13.7. The number of thiazole rings is 1. The molecule has 0 fully saturated rings. The molecular formula is C13H12FN3S2. The second kappa shape index (κ2) is 4.86. The minimum Gasteiger partial charge on any atom is -0.328 e. The van der Waals surface area contributed by atoms with E-state index in [1.807, 2.05) is 16.0 Å². The second-order valence-electron chi connectivity index (χ2n) is 4.45. The molecular weight excluding hydrogens is 281 g/mol. The van der Waals surface area contributed by atoms with E-state index in [4.69, 9.17) is 12.2 Å². The Kier molecular flexibility index (Phi) is 3.20. The molecule has 1 unspecified atom stereocenters. The van der Waals surface area contributed by atoms with Crippen LogP contribution in [0.1, 0.15) is 17.8 Å². The van der Waals surface area contributed by atoms with Gasteiger partial charge in [-0.3, -0.25) is 0 Å². The van der Waals surface area contributed by atoms with Crippen molar-refractivity contribution < 1.29 is 4.39 Å². The molecule has 98 valence electrons. The number of hydrogen-bond donors (Lipinski definition) is 1. The van der Waals surface area contributed by atoms with Crippen LogP contribution in [0.2, 0.25) is 0 Å². The zero-order valence-electron chi connectivity index (χ0n) is 10.3. The van der Waals surface area contributed by atoms with Gasteiger partial charge in [-0.1, -0.05) is 13.0 Å². The molecule has 3 rings (SSSR count). The molecule has 0 spiro atoms. The van der Waals surface area contributed by atoms with Crippen molar-refractivity contribution in [3.63, 3.8) is 0 Å². The van der Waals surface area contributed by atoms with E-state index < -0.39 is 0 Å². The zero-order valence-corrected chi connectivity index (χ0v) is 11.9. The van der Waals surface area contributed by atoms with Gasteiger partial charge >= 0.3 is 0 Å². The lowest BCUT2D eigenvalue weighted by Crippen LogP contribution is -2.06. The molecule has 2 aromatic heterocycles. The Morgan fingerprint density at radius 1 is 1.53 bits per heavy atom. The van der Waals surface area contributed by atoms with Gasteiger partial charge in [0.25, 0.3) is 0 Å². The van der Waals surface area contributed by atoms with Crippen LogP contribution in [0.5, 0.6) is 0 Å². The summed E-state index contributed by atoms with van der Waals surface area (Å²) in [6, 6.07) is 5.01. The quantitative estimate of drug-likeness (QED) is 0.738. The van der Waals surface area contributed by atoms with Crippen molar-refractivity contribution in [1.82, 2.24) is 14.5 Å². The minimum absolute atomic E-state index is 0.244. The number of imidazole rings is 1. The predicted octanol–water partition coefficient (Wildman–Crippen LogP) is 4.10. The van der Waals surface area contributed by atoms with E-state index in [9.17, 15) is 4.39 Å². The zero-order chi connectivity index (χ0) is 13.4. The molecule has 3 nitrogen and oxygen atoms in total. The summed E-state index contributed by atoms with van der Waals surface area (Å²) in [4.78, 5) is 7.24. The van der Waals surface area contributed by atoms with Crippen LogP contribution >= 0.6 is 23.6 Å². The third-order valence-corrected chi connectivity index (χ3v) is 4.42. The highest BCUT2D eigenvalue weighted by Gasteiger charge is 2.13. The van der Waals surface area contributed by atoms with Gasteiger partial charge in [0.15, 0.2) is 4.77 Å². The van der Waals surface area contributed by atoms with Gasteiger partial charge in [0.1, 0.15) is 11.3 Å². The summed E-state index contributed by atoms with van der Waals surface area (Å²) in [5.41, 5.74) is 1.27. The minimum atomic E-state index is -0.274. The number of halogens is 1. The molecule has 0 aliphatic rings. The number of aromatic amines is 1. The fraction of sp³-hybridized carbons (Fsp3) is 0.231. The van der Waals surface area contributed by atoms with E-state index in [1.165, 1.54) is 6.07 Å². The highest BCUT2D eigenvalue weighted by molar-refractivity contribution is 7.71. The number of fused-ring (bicyclic) bond motifs is 1. The maximum Gasteiger partial charge on any atom is 0.178 e.